The first kappa shape index (κ1) is 25.1. The van der Waals surface area contributed by atoms with Crippen molar-refractivity contribution in [1.29, 1.82) is 0 Å². The fourth-order valence-electron chi connectivity index (χ4n) is 4.01. The molecule has 1 aliphatic carbocycles. The number of hydrogen-bond acceptors (Lipinski definition) is 4. The van der Waals surface area contributed by atoms with Crippen molar-refractivity contribution in [2.45, 2.75) is 64.6 Å². The number of rotatable bonds is 8. The van der Waals surface area contributed by atoms with E-state index in [0.717, 1.165) is 38.1 Å². The highest BCUT2D eigenvalue weighted by atomic mass is 127. The lowest BCUT2D eigenvalue weighted by molar-refractivity contribution is 0.184. The number of aromatic nitrogens is 1. The molecule has 5 nitrogen and oxygen atoms in total. The van der Waals surface area contributed by atoms with Crippen molar-refractivity contribution < 1.29 is 0 Å². The molecule has 0 saturated heterocycles. The molecule has 1 saturated carbocycles. The number of nitrogens with zero attached hydrogens (tertiary/aromatic N) is 3. The molecule has 1 aromatic heterocycles. The Kier molecular flexibility index (Phi) is 11.1. The summed E-state index contributed by atoms with van der Waals surface area (Å²) in [6, 6.07) is 9.49. The summed E-state index contributed by atoms with van der Waals surface area (Å²) in [5.41, 5.74) is 2.75. The van der Waals surface area contributed by atoms with E-state index in [4.69, 9.17) is 0 Å². The summed E-state index contributed by atoms with van der Waals surface area (Å²) in [5, 5.41) is 8.05. The number of halogens is 1. The Morgan fingerprint density at radius 3 is 2.57 bits per heavy atom. The molecule has 2 aromatic rings. The lowest BCUT2D eigenvalue weighted by Crippen LogP contribution is -2.38. The lowest BCUT2D eigenvalue weighted by atomic mass is 9.94. The zero-order chi connectivity index (χ0) is 20.5. The number of aryl methyl sites for hydroxylation is 1. The molecule has 1 aliphatic rings. The first-order valence-electron chi connectivity index (χ1n) is 10.8. The molecule has 0 amide bonds. The van der Waals surface area contributed by atoms with Crippen LogP contribution in [0.1, 0.15) is 53.1 Å². The van der Waals surface area contributed by atoms with Crippen LogP contribution in [-0.2, 0) is 19.5 Å². The Balaban J connectivity index is 0.00000320. The van der Waals surface area contributed by atoms with Crippen molar-refractivity contribution in [1.82, 2.24) is 20.5 Å². The molecule has 0 radical (unpaired) electrons. The van der Waals surface area contributed by atoms with Crippen molar-refractivity contribution in [2.75, 3.05) is 20.6 Å². The van der Waals surface area contributed by atoms with E-state index in [-0.39, 0.29) is 24.0 Å². The Morgan fingerprint density at radius 1 is 1.17 bits per heavy atom. The topological polar surface area (TPSA) is 52.6 Å². The molecule has 0 aliphatic heterocycles. The molecule has 1 heterocycles. The van der Waals surface area contributed by atoms with Gasteiger partial charge in [-0.3, -0.25) is 9.89 Å². The third kappa shape index (κ3) is 7.81. The number of hydrogen-bond donors (Lipinski definition) is 2. The molecule has 0 bridgehead atoms. The SMILES string of the molecule is CN=C(NCCc1ncc(C)s1)NCc1ccccc1CN(C)C1CCCCC1.I. The van der Waals surface area contributed by atoms with Gasteiger partial charge in [0.05, 0.1) is 5.01 Å². The van der Waals surface area contributed by atoms with Crippen LogP contribution in [0.15, 0.2) is 35.5 Å². The summed E-state index contributed by atoms with van der Waals surface area (Å²) < 4.78 is 0. The molecule has 3 rings (SSSR count). The van der Waals surface area contributed by atoms with Crippen molar-refractivity contribution >= 4 is 41.3 Å². The van der Waals surface area contributed by atoms with E-state index in [0.29, 0.717) is 0 Å². The van der Waals surface area contributed by atoms with Gasteiger partial charge in [0.2, 0.25) is 0 Å². The minimum atomic E-state index is 0. The molecular weight excluding hydrogens is 505 g/mol. The normalized spacial score (nSPS) is 15.1. The number of thiazole rings is 1. The molecule has 0 spiro atoms. The number of aliphatic imine (C=N–C) groups is 1. The fraction of sp³-hybridized carbons (Fsp3) is 0.565. The second kappa shape index (κ2) is 13.3. The average molecular weight is 542 g/mol. The van der Waals surface area contributed by atoms with Crippen LogP contribution in [-0.4, -0.2) is 42.5 Å². The predicted molar refractivity (Wildman–Crippen MR) is 139 cm³/mol. The van der Waals surface area contributed by atoms with Gasteiger partial charge in [0, 0.05) is 50.2 Å². The van der Waals surface area contributed by atoms with Gasteiger partial charge in [-0.05, 0) is 37.9 Å². The first-order valence-corrected chi connectivity index (χ1v) is 11.6. The lowest BCUT2D eigenvalue weighted by Gasteiger charge is -2.31. The molecule has 166 valence electrons. The van der Waals surface area contributed by atoms with Crippen LogP contribution in [0.3, 0.4) is 0 Å². The summed E-state index contributed by atoms with van der Waals surface area (Å²) >= 11 is 1.76. The third-order valence-corrected chi connectivity index (χ3v) is 6.68. The standard InChI is InChI=1S/C23H35N5S.HI/c1-18-15-26-22(29-18)13-14-25-23(24-2)27-16-19-9-7-8-10-20(19)17-28(3)21-11-5-4-6-12-21;/h7-10,15,21H,4-6,11-14,16-17H2,1-3H3,(H2,24,25,27);1H. The second-order valence-electron chi connectivity index (χ2n) is 7.94. The maximum absolute atomic E-state index is 4.42. The fourth-order valence-corrected chi connectivity index (χ4v) is 4.79. The van der Waals surface area contributed by atoms with Gasteiger partial charge in [0.15, 0.2) is 5.96 Å². The molecule has 30 heavy (non-hydrogen) atoms. The van der Waals surface area contributed by atoms with Gasteiger partial charge in [-0.25, -0.2) is 4.98 Å². The second-order valence-corrected chi connectivity index (χ2v) is 9.26. The molecule has 7 heteroatoms. The van der Waals surface area contributed by atoms with Gasteiger partial charge in [0.25, 0.3) is 0 Å². The van der Waals surface area contributed by atoms with Crippen molar-refractivity contribution in [3.05, 3.63) is 51.5 Å². The number of guanidine groups is 1. The van der Waals surface area contributed by atoms with Gasteiger partial charge in [-0.1, -0.05) is 43.5 Å². The van der Waals surface area contributed by atoms with Gasteiger partial charge >= 0.3 is 0 Å². The van der Waals surface area contributed by atoms with Gasteiger partial charge < -0.3 is 10.6 Å². The Bertz CT molecular complexity index is 785. The minimum absolute atomic E-state index is 0. The predicted octanol–water partition coefficient (Wildman–Crippen LogP) is 4.74. The zero-order valence-corrected chi connectivity index (χ0v) is 21.6. The van der Waals surface area contributed by atoms with E-state index in [1.807, 2.05) is 13.2 Å². The van der Waals surface area contributed by atoms with Crippen LogP contribution in [0.25, 0.3) is 0 Å². The number of nitrogens with one attached hydrogen (secondary N) is 2. The summed E-state index contributed by atoms with van der Waals surface area (Å²) in [4.78, 5) is 12.6. The number of benzene rings is 1. The van der Waals surface area contributed by atoms with Crippen molar-refractivity contribution in [2.24, 2.45) is 4.99 Å². The minimum Gasteiger partial charge on any atom is -0.356 e. The maximum Gasteiger partial charge on any atom is 0.191 e. The summed E-state index contributed by atoms with van der Waals surface area (Å²) in [5.74, 6) is 0.841. The van der Waals surface area contributed by atoms with Gasteiger partial charge in [-0.15, -0.1) is 35.3 Å². The quantitative estimate of drug-likeness (QED) is 0.288. The van der Waals surface area contributed by atoms with Crippen LogP contribution in [0.2, 0.25) is 0 Å². The highest BCUT2D eigenvalue weighted by Gasteiger charge is 2.18. The smallest absolute Gasteiger partial charge is 0.191 e. The summed E-state index contributed by atoms with van der Waals surface area (Å²) in [7, 11) is 4.10. The zero-order valence-electron chi connectivity index (χ0n) is 18.5. The van der Waals surface area contributed by atoms with Crippen LogP contribution in [0.4, 0.5) is 0 Å². The largest absolute Gasteiger partial charge is 0.356 e. The van der Waals surface area contributed by atoms with E-state index < -0.39 is 0 Å². The molecule has 2 N–H and O–H groups in total. The molecule has 1 fully saturated rings. The van der Waals surface area contributed by atoms with E-state index in [1.54, 1.807) is 11.3 Å². The summed E-state index contributed by atoms with van der Waals surface area (Å²) in [6.45, 7) is 4.72. The molecule has 0 atom stereocenters. The van der Waals surface area contributed by atoms with E-state index >= 15 is 0 Å². The Labute approximate surface area is 202 Å². The highest BCUT2D eigenvalue weighted by molar-refractivity contribution is 14.0. The van der Waals surface area contributed by atoms with Crippen LogP contribution in [0, 0.1) is 6.92 Å². The van der Waals surface area contributed by atoms with E-state index in [2.05, 4.69) is 63.7 Å². The monoisotopic (exact) mass is 541 g/mol. The first-order chi connectivity index (χ1) is 14.2. The molecule has 0 unspecified atom stereocenters. The van der Waals surface area contributed by atoms with E-state index in [9.17, 15) is 0 Å². The third-order valence-electron chi connectivity index (χ3n) is 5.71. The van der Waals surface area contributed by atoms with Crippen molar-refractivity contribution in [3.63, 3.8) is 0 Å². The highest BCUT2D eigenvalue weighted by Crippen LogP contribution is 2.23. The van der Waals surface area contributed by atoms with Crippen LogP contribution in [0.5, 0.6) is 0 Å². The summed E-state index contributed by atoms with van der Waals surface area (Å²) in [6.07, 6.45) is 9.69. The van der Waals surface area contributed by atoms with Crippen LogP contribution >= 0.6 is 35.3 Å². The van der Waals surface area contributed by atoms with E-state index in [1.165, 1.54) is 53.1 Å². The maximum atomic E-state index is 4.42. The van der Waals surface area contributed by atoms with Crippen molar-refractivity contribution in [3.8, 4) is 0 Å². The van der Waals surface area contributed by atoms with Gasteiger partial charge in [0.1, 0.15) is 0 Å². The average Bonchev–Trinajstić information content (AvgIpc) is 3.17. The van der Waals surface area contributed by atoms with Gasteiger partial charge in [-0.2, -0.15) is 0 Å². The Hall–Kier alpha value is -1.19. The van der Waals surface area contributed by atoms with Crippen LogP contribution < -0.4 is 10.6 Å². The molecular formula is C23H36IN5S. The Morgan fingerprint density at radius 2 is 1.90 bits per heavy atom. The molecule has 1 aromatic carbocycles.